The quantitative estimate of drug-likeness (QED) is 0.746. The van der Waals surface area contributed by atoms with Crippen LogP contribution in [-0.4, -0.2) is 15.1 Å². The molecule has 2 rings (SSSR count). The molecule has 0 radical (unpaired) electrons. The van der Waals surface area contributed by atoms with Gasteiger partial charge in [-0.2, -0.15) is 10.2 Å². The van der Waals surface area contributed by atoms with Crippen LogP contribution in [0.2, 0.25) is 0 Å². The van der Waals surface area contributed by atoms with E-state index in [4.69, 9.17) is 16.7 Å². The third-order valence-electron chi connectivity index (χ3n) is 2.79. The smallest absolute Gasteiger partial charge is 0.222 e. The SMILES string of the molecule is CCc1ccc(O)c(-c2nc(N)nc(N)c2C#N)c1. The van der Waals surface area contributed by atoms with E-state index in [1.807, 2.05) is 13.0 Å². The number of nitrogens with two attached hydrogens (primary N) is 2. The number of benzene rings is 1. The number of hydrogen-bond donors (Lipinski definition) is 3. The van der Waals surface area contributed by atoms with Crippen molar-refractivity contribution in [3.05, 3.63) is 29.3 Å². The van der Waals surface area contributed by atoms with E-state index in [1.54, 1.807) is 18.2 Å². The Bertz CT molecular complexity index is 675. The molecule has 0 unspecified atom stereocenters. The molecular formula is C13H13N5O. The summed E-state index contributed by atoms with van der Waals surface area (Å²) < 4.78 is 0. The Morgan fingerprint density at radius 1 is 1.32 bits per heavy atom. The van der Waals surface area contributed by atoms with Crippen molar-refractivity contribution >= 4 is 11.8 Å². The number of rotatable bonds is 2. The van der Waals surface area contributed by atoms with Gasteiger partial charge in [0.2, 0.25) is 5.95 Å². The minimum Gasteiger partial charge on any atom is -0.507 e. The van der Waals surface area contributed by atoms with Crippen molar-refractivity contribution in [1.29, 1.82) is 5.26 Å². The van der Waals surface area contributed by atoms with Crippen LogP contribution in [0.25, 0.3) is 11.3 Å². The highest BCUT2D eigenvalue weighted by Gasteiger charge is 2.16. The van der Waals surface area contributed by atoms with Crippen LogP contribution in [-0.2, 0) is 6.42 Å². The number of phenolic OH excluding ortho intramolecular Hbond substituents is 1. The first kappa shape index (κ1) is 12.6. The van der Waals surface area contributed by atoms with Crippen molar-refractivity contribution < 1.29 is 5.11 Å². The van der Waals surface area contributed by atoms with Crippen LogP contribution in [0.3, 0.4) is 0 Å². The lowest BCUT2D eigenvalue weighted by Crippen LogP contribution is -2.05. The Morgan fingerprint density at radius 2 is 2.05 bits per heavy atom. The van der Waals surface area contributed by atoms with Gasteiger partial charge in [-0.05, 0) is 24.1 Å². The predicted molar refractivity (Wildman–Crippen MR) is 72.1 cm³/mol. The first-order valence-corrected chi connectivity index (χ1v) is 5.72. The van der Waals surface area contributed by atoms with E-state index < -0.39 is 0 Å². The number of nitrogen functional groups attached to an aromatic ring is 2. The Labute approximate surface area is 110 Å². The van der Waals surface area contributed by atoms with Crippen molar-refractivity contribution in [1.82, 2.24) is 9.97 Å². The molecule has 1 heterocycles. The van der Waals surface area contributed by atoms with E-state index in [9.17, 15) is 5.11 Å². The second kappa shape index (κ2) is 4.82. The number of aromatic nitrogens is 2. The van der Waals surface area contributed by atoms with Gasteiger partial charge in [-0.1, -0.05) is 13.0 Å². The monoisotopic (exact) mass is 255 g/mol. The minimum absolute atomic E-state index is 0.00583. The zero-order valence-electron chi connectivity index (χ0n) is 10.4. The highest BCUT2D eigenvalue weighted by atomic mass is 16.3. The number of hydrogen-bond acceptors (Lipinski definition) is 6. The summed E-state index contributed by atoms with van der Waals surface area (Å²) in [5, 5.41) is 19.1. The number of nitrogens with zero attached hydrogens (tertiary/aromatic N) is 3. The first-order valence-electron chi connectivity index (χ1n) is 5.72. The summed E-state index contributed by atoms with van der Waals surface area (Å²) in [4.78, 5) is 7.76. The van der Waals surface area contributed by atoms with Gasteiger partial charge < -0.3 is 16.6 Å². The average molecular weight is 255 g/mol. The molecule has 0 saturated heterocycles. The third-order valence-corrected chi connectivity index (χ3v) is 2.79. The fourth-order valence-electron chi connectivity index (χ4n) is 1.79. The summed E-state index contributed by atoms with van der Waals surface area (Å²) >= 11 is 0. The van der Waals surface area contributed by atoms with Gasteiger partial charge in [0.1, 0.15) is 23.2 Å². The molecule has 0 saturated carbocycles. The van der Waals surface area contributed by atoms with Crippen molar-refractivity contribution in [3.63, 3.8) is 0 Å². The van der Waals surface area contributed by atoms with Crippen molar-refractivity contribution in [2.24, 2.45) is 0 Å². The van der Waals surface area contributed by atoms with Gasteiger partial charge >= 0.3 is 0 Å². The van der Waals surface area contributed by atoms with Crippen LogP contribution in [0.5, 0.6) is 5.75 Å². The van der Waals surface area contributed by atoms with Crippen LogP contribution in [0, 0.1) is 11.3 Å². The number of aromatic hydroxyl groups is 1. The molecule has 96 valence electrons. The lowest BCUT2D eigenvalue weighted by molar-refractivity contribution is 0.477. The molecule has 0 amide bonds. The van der Waals surface area contributed by atoms with Gasteiger partial charge in [0.15, 0.2) is 0 Å². The van der Waals surface area contributed by atoms with Crippen molar-refractivity contribution in [2.45, 2.75) is 13.3 Å². The molecule has 19 heavy (non-hydrogen) atoms. The van der Waals surface area contributed by atoms with Crippen LogP contribution >= 0.6 is 0 Å². The molecule has 0 spiro atoms. The van der Waals surface area contributed by atoms with E-state index in [-0.39, 0.29) is 28.8 Å². The van der Waals surface area contributed by atoms with E-state index in [0.29, 0.717) is 5.56 Å². The summed E-state index contributed by atoms with van der Waals surface area (Å²) in [6.45, 7) is 1.99. The Morgan fingerprint density at radius 3 is 2.68 bits per heavy atom. The summed E-state index contributed by atoms with van der Waals surface area (Å²) in [7, 11) is 0. The van der Waals surface area contributed by atoms with E-state index in [0.717, 1.165) is 12.0 Å². The molecule has 1 aromatic heterocycles. The summed E-state index contributed by atoms with van der Waals surface area (Å²) in [5.74, 6) is -0.00898. The second-order valence-corrected chi connectivity index (χ2v) is 4.01. The summed E-state index contributed by atoms with van der Waals surface area (Å²) in [5.41, 5.74) is 13.0. The minimum atomic E-state index is -0.0344. The molecule has 0 aliphatic rings. The van der Waals surface area contributed by atoms with Gasteiger partial charge in [0.25, 0.3) is 0 Å². The highest BCUT2D eigenvalue weighted by molar-refractivity contribution is 5.77. The van der Waals surface area contributed by atoms with Gasteiger partial charge in [-0.3, -0.25) is 0 Å². The Balaban J connectivity index is 2.75. The third kappa shape index (κ3) is 2.26. The molecule has 0 atom stereocenters. The molecule has 2 aromatic rings. The number of phenols is 1. The van der Waals surface area contributed by atoms with Crippen LogP contribution < -0.4 is 11.5 Å². The predicted octanol–water partition coefficient (Wildman–Crippen LogP) is 1.45. The fourth-order valence-corrected chi connectivity index (χ4v) is 1.79. The molecular weight excluding hydrogens is 242 g/mol. The second-order valence-electron chi connectivity index (χ2n) is 4.01. The number of nitriles is 1. The van der Waals surface area contributed by atoms with E-state index >= 15 is 0 Å². The normalized spacial score (nSPS) is 10.1. The molecule has 1 aromatic carbocycles. The molecule has 6 nitrogen and oxygen atoms in total. The number of aryl methyl sites for hydroxylation is 1. The molecule has 0 aliphatic heterocycles. The zero-order valence-corrected chi connectivity index (χ0v) is 10.4. The van der Waals surface area contributed by atoms with E-state index in [2.05, 4.69) is 9.97 Å². The zero-order chi connectivity index (χ0) is 14.0. The van der Waals surface area contributed by atoms with Crippen LogP contribution in [0.15, 0.2) is 18.2 Å². The summed E-state index contributed by atoms with van der Waals surface area (Å²) in [6.07, 6.45) is 0.797. The van der Waals surface area contributed by atoms with Crippen LogP contribution in [0.4, 0.5) is 11.8 Å². The Kier molecular flexibility index (Phi) is 3.21. The summed E-state index contributed by atoms with van der Waals surface area (Å²) in [6, 6.07) is 7.06. The molecule has 5 N–H and O–H groups in total. The maximum atomic E-state index is 9.93. The highest BCUT2D eigenvalue weighted by Crippen LogP contribution is 2.33. The van der Waals surface area contributed by atoms with Gasteiger partial charge in [-0.15, -0.1) is 0 Å². The number of anilines is 2. The Hall–Kier alpha value is -2.81. The molecule has 0 aliphatic carbocycles. The molecule has 6 heteroatoms. The largest absolute Gasteiger partial charge is 0.507 e. The van der Waals surface area contributed by atoms with Gasteiger partial charge in [0.05, 0.1) is 5.69 Å². The fraction of sp³-hybridized carbons (Fsp3) is 0.154. The lowest BCUT2D eigenvalue weighted by atomic mass is 10.0. The maximum Gasteiger partial charge on any atom is 0.222 e. The first-order chi connectivity index (χ1) is 9.06. The van der Waals surface area contributed by atoms with Gasteiger partial charge in [0, 0.05) is 5.56 Å². The topological polar surface area (TPSA) is 122 Å². The van der Waals surface area contributed by atoms with Crippen molar-refractivity contribution in [3.8, 4) is 23.1 Å². The average Bonchev–Trinajstić information content (AvgIpc) is 2.38. The van der Waals surface area contributed by atoms with Gasteiger partial charge in [-0.25, -0.2) is 4.98 Å². The van der Waals surface area contributed by atoms with E-state index in [1.165, 1.54) is 0 Å². The maximum absolute atomic E-state index is 9.93. The van der Waals surface area contributed by atoms with Crippen molar-refractivity contribution in [2.75, 3.05) is 11.5 Å². The lowest BCUT2D eigenvalue weighted by Gasteiger charge is -2.09. The van der Waals surface area contributed by atoms with Crippen LogP contribution in [0.1, 0.15) is 18.1 Å². The standard InChI is InChI=1S/C13H13N5O/c1-2-7-3-4-10(19)8(5-7)11-9(6-14)12(15)18-13(16)17-11/h3-5,19H,2H2,1H3,(H4,15,16,17,18). The molecule has 0 fully saturated rings. The molecule has 0 bridgehead atoms.